The summed E-state index contributed by atoms with van der Waals surface area (Å²) in [7, 11) is 0. The van der Waals surface area contributed by atoms with Crippen molar-refractivity contribution in [1.82, 2.24) is 5.32 Å². The molecule has 3 nitrogen and oxygen atoms in total. The third-order valence-corrected chi connectivity index (χ3v) is 2.97. The SMILES string of the molecule is CC(NCC(C)(CO)CO)c1ccc(F)cc1. The zero-order valence-electron chi connectivity index (χ0n) is 10.3. The van der Waals surface area contributed by atoms with E-state index in [0.717, 1.165) is 5.56 Å². The van der Waals surface area contributed by atoms with Gasteiger partial charge in [0.25, 0.3) is 0 Å². The van der Waals surface area contributed by atoms with Gasteiger partial charge in [-0.2, -0.15) is 0 Å². The normalized spacial score (nSPS) is 13.7. The summed E-state index contributed by atoms with van der Waals surface area (Å²) in [6, 6.07) is 6.34. The first-order valence-electron chi connectivity index (χ1n) is 5.71. The van der Waals surface area contributed by atoms with E-state index in [4.69, 9.17) is 10.2 Å². The fraction of sp³-hybridized carbons (Fsp3) is 0.538. The van der Waals surface area contributed by atoms with Crippen LogP contribution in [-0.2, 0) is 0 Å². The summed E-state index contributed by atoms with van der Waals surface area (Å²) in [5, 5.41) is 21.5. The van der Waals surface area contributed by atoms with Crippen molar-refractivity contribution in [2.45, 2.75) is 19.9 Å². The molecule has 0 amide bonds. The Morgan fingerprint density at radius 2 is 1.76 bits per heavy atom. The molecule has 0 aliphatic carbocycles. The smallest absolute Gasteiger partial charge is 0.123 e. The first-order chi connectivity index (χ1) is 8.00. The number of hydrogen-bond donors (Lipinski definition) is 3. The number of nitrogens with one attached hydrogen (secondary N) is 1. The van der Waals surface area contributed by atoms with Crippen molar-refractivity contribution >= 4 is 0 Å². The molecular weight excluding hydrogens is 221 g/mol. The van der Waals surface area contributed by atoms with Gasteiger partial charge in [-0.25, -0.2) is 4.39 Å². The van der Waals surface area contributed by atoms with E-state index in [1.807, 2.05) is 6.92 Å². The summed E-state index contributed by atoms with van der Waals surface area (Å²) < 4.78 is 12.7. The van der Waals surface area contributed by atoms with Gasteiger partial charge < -0.3 is 15.5 Å². The maximum atomic E-state index is 12.7. The van der Waals surface area contributed by atoms with Crippen molar-refractivity contribution < 1.29 is 14.6 Å². The predicted molar refractivity (Wildman–Crippen MR) is 65.1 cm³/mol. The van der Waals surface area contributed by atoms with Crippen LogP contribution in [-0.4, -0.2) is 30.0 Å². The van der Waals surface area contributed by atoms with Crippen LogP contribution in [0.25, 0.3) is 0 Å². The molecule has 17 heavy (non-hydrogen) atoms. The summed E-state index contributed by atoms with van der Waals surface area (Å²) in [5.41, 5.74) is 0.443. The standard InChI is InChI=1S/C13H20FNO2/c1-10(11-3-5-12(14)6-4-11)15-7-13(2,8-16)9-17/h3-6,10,15-17H,7-9H2,1-2H3. The number of benzene rings is 1. The molecule has 3 N–H and O–H groups in total. The average molecular weight is 241 g/mol. The van der Waals surface area contributed by atoms with E-state index in [0.29, 0.717) is 6.54 Å². The van der Waals surface area contributed by atoms with E-state index in [-0.39, 0.29) is 25.1 Å². The van der Waals surface area contributed by atoms with Crippen LogP contribution in [0, 0.1) is 11.2 Å². The fourth-order valence-electron chi connectivity index (χ4n) is 1.43. The van der Waals surface area contributed by atoms with Gasteiger partial charge in [0.2, 0.25) is 0 Å². The molecule has 0 saturated carbocycles. The van der Waals surface area contributed by atoms with Crippen LogP contribution < -0.4 is 5.32 Å². The van der Waals surface area contributed by atoms with E-state index in [2.05, 4.69) is 5.32 Å². The Balaban J connectivity index is 2.55. The molecule has 1 aromatic carbocycles. The topological polar surface area (TPSA) is 52.5 Å². The molecule has 0 spiro atoms. The molecule has 0 saturated heterocycles. The Hall–Kier alpha value is -0.970. The summed E-state index contributed by atoms with van der Waals surface area (Å²) in [6.45, 7) is 4.11. The molecule has 1 atom stereocenters. The minimum absolute atomic E-state index is 0.0491. The van der Waals surface area contributed by atoms with Crippen molar-refractivity contribution in [3.05, 3.63) is 35.6 Å². The third kappa shape index (κ3) is 4.07. The summed E-state index contributed by atoms with van der Waals surface area (Å²) in [5.74, 6) is -0.253. The molecule has 1 rings (SSSR count). The maximum absolute atomic E-state index is 12.7. The number of hydrogen-bond acceptors (Lipinski definition) is 3. The fourth-order valence-corrected chi connectivity index (χ4v) is 1.43. The zero-order valence-corrected chi connectivity index (χ0v) is 10.3. The van der Waals surface area contributed by atoms with Crippen LogP contribution in [0.3, 0.4) is 0 Å². The maximum Gasteiger partial charge on any atom is 0.123 e. The number of aliphatic hydroxyl groups is 2. The van der Waals surface area contributed by atoms with Crippen LogP contribution in [0.1, 0.15) is 25.5 Å². The molecule has 1 unspecified atom stereocenters. The number of rotatable bonds is 6. The van der Waals surface area contributed by atoms with Gasteiger partial charge in [0.15, 0.2) is 0 Å². The first kappa shape index (κ1) is 14.1. The van der Waals surface area contributed by atoms with Crippen molar-refractivity contribution in [3.63, 3.8) is 0 Å². The number of halogens is 1. The van der Waals surface area contributed by atoms with Crippen LogP contribution in [0.5, 0.6) is 0 Å². The van der Waals surface area contributed by atoms with E-state index in [9.17, 15) is 4.39 Å². The van der Waals surface area contributed by atoms with Crippen molar-refractivity contribution in [1.29, 1.82) is 0 Å². The lowest BCUT2D eigenvalue weighted by atomic mass is 9.92. The molecule has 0 bridgehead atoms. The van der Waals surface area contributed by atoms with Gasteiger partial charge in [-0.05, 0) is 24.6 Å². The molecule has 0 radical (unpaired) electrons. The van der Waals surface area contributed by atoms with Gasteiger partial charge in [-0.1, -0.05) is 19.1 Å². The van der Waals surface area contributed by atoms with Gasteiger partial charge >= 0.3 is 0 Å². The second-order valence-electron chi connectivity index (χ2n) is 4.78. The molecule has 0 heterocycles. The molecule has 0 aliphatic rings. The lowest BCUT2D eigenvalue weighted by Gasteiger charge is -2.27. The van der Waals surface area contributed by atoms with E-state index < -0.39 is 5.41 Å². The largest absolute Gasteiger partial charge is 0.396 e. The second-order valence-corrected chi connectivity index (χ2v) is 4.78. The molecule has 1 aromatic rings. The number of aliphatic hydroxyl groups excluding tert-OH is 2. The quantitative estimate of drug-likeness (QED) is 0.707. The molecule has 0 aromatic heterocycles. The van der Waals surface area contributed by atoms with Crippen LogP contribution >= 0.6 is 0 Å². The Bertz CT molecular complexity index is 336. The minimum Gasteiger partial charge on any atom is -0.396 e. The highest BCUT2D eigenvalue weighted by atomic mass is 19.1. The molecule has 0 aliphatic heterocycles. The van der Waals surface area contributed by atoms with E-state index >= 15 is 0 Å². The highest BCUT2D eigenvalue weighted by Gasteiger charge is 2.22. The van der Waals surface area contributed by atoms with Crippen molar-refractivity contribution in [3.8, 4) is 0 Å². The van der Waals surface area contributed by atoms with Gasteiger partial charge in [0.1, 0.15) is 5.82 Å². The summed E-state index contributed by atoms with van der Waals surface area (Å²) in [4.78, 5) is 0. The highest BCUT2D eigenvalue weighted by molar-refractivity contribution is 5.19. The Morgan fingerprint density at radius 1 is 1.24 bits per heavy atom. The Morgan fingerprint density at radius 3 is 2.24 bits per heavy atom. The molecule has 0 fully saturated rings. The van der Waals surface area contributed by atoms with E-state index in [1.54, 1.807) is 19.1 Å². The van der Waals surface area contributed by atoms with Crippen molar-refractivity contribution in [2.75, 3.05) is 19.8 Å². The lowest BCUT2D eigenvalue weighted by Crippen LogP contribution is -2.38. The van der Waals surface area contributed by atoms with Crippen molar-refractivity contribution in [2.24, 2.45) is 5.41 Å². The monoisotopic (exact) mass is 241 g/mol. The molecule has 96 valence electrons. The van der Waals surface area contributed by atoms with Crippen LogP contribution in [0.2, 0.25) is 0 Å². The van der Waals surface area contributed by atoms with Crippen LogP contribution in [0.15, 0.2) is 24.3 Å². The van der Waals surface area contributed by atoms with Gasteiger partial charge in [0.05, 0.1) is 13.2 Å². The second kappa shape index (κ2) is 6.10. The summed E-state index contributed by atoms with van der Waals surface area (Å²) >= 11 is 0. The van der Waals surface area contributed by atoms with E-state index in [1.165, 1.54) is 12.1 Å². The summed E-state index contributed by atoms with van der Waals surface area (Å²) in [6.07, 6.45) is 0. The first-order valence-corrected chi connectivity index (χ1v) is 5.71. The third-order valence-electron chi connectivity index (χ3n) is 2.97. The Kier molecular flexibility index (Phi) is 5.05. The Labute approximate surface area is 101 Å². The zero-order chi connectivity index (χ0) is 12.9. The average Bonchev–Trinajstić information content (AvgIpc) is 2.36. The van der Waals surface area contributed by atoms with Gasteiger partial charge in [0, 0.05) is 18.0 Å². The van der Waals surface area contributed by atoms with Crippen LogP contribution in [0.4, 0.5) is 4.39 Å². The molecule has 4 heteroatoms. The molecular formula is C13H20FNO2. The van der Waals surface area contributed by atoms with Gasteiger partial charge in [-0.15, -0.1) is 0 Å². The highest BCUT2D eigenvalue weighted by Crippen LogP contribution is 2.17. The lowest BCUT2D eigenvalue weighted by molar-refractivity contribution is 0.0677. The minimum atomic E-state index is -0.533. The van der Waals surface area contributed by atoms with Gasteiger partial charge in [-0.3, -0.25) is 0 Å². The predicted octanol–water partition coefficient (Wildman–Crippen LogP) is 1.47.